The monoisotopic (exact) mass is 166 g/mol. The first-order chi connectivity index (χ1) is 3.50. The van der Waals surface area contributed by atoms with E-state index >= 15 is 0 Å². The topological polar surface area (TPSA) is 0 Å². The summed E-state index contributed by atoms with van der Waals surface area (Å²) in [4.78, 5) is -1.95. The predicted octanol–water partition coefficient (Wildman–Crippen LogP) is 2.39. The zero-order valence-corrected chi connectivity index (χ0v) is 5.19. The number of halogens is 5. The third-order valence-corrected chi connectivity index (χ3v) is 1.14. The number of rotatable bonds is 2. The van der Waals surface area contributed by atoms with Crippen molar-refractivity contribution >= 4 is 23.2 Å². The summed E-state index contributed by atoms with van der Waals surface area (Å²) in [5, 5.41) is 0. The van der Waals surface area contributed by atoms with Crippen molar-refractivity contribution < 1.29 is 13.2 Å². The van der Waals surface area contributed by atoms with E-state index in [1.165, 1.54) is 0 Å². The van der Waals surface area contributed by atoms with Gasteiger partial charge in [-0.2, -0.15) is 0 Å². The Bertz CT molecular complexity index is 72.9. The molecule has 0 N–H and O–H groups in total. The molecule has 0 spiro atoms. The minimum Gasteiger partial charge on any atom is -0.244 e. The minimum absolute atomic E-state index is 1.81. The Hall–Kier alpha value is 0.370. The Morgan fingerprint density at radius 1 is 1.38 bits per heavy atom. The van der Waals surface area contributed by atoms with Gasteiger partial charge in [-0.05, 0) is 0 Å². The van der Waals surface area contributed by atoms with Crippen LogP contribution in [0.5, 0.6) is 0 Å². The third-order valence-electron chi connectivity index (χ3n) is 0.497. The maximum atomic E-state index is 11.6. The third kappa shape index (κ3) is 2.09. The van der Waals surface area contributed by atoms with Crippen LogP contribution in [0.1, 0.15) is 0 Å². The van der Waals surface area contributed by atoms with Crippen molar-refractivity contribution in [3.63, 3.8) is 0 Å². The van der Waals surface area contributed by atoms with Crippen LogP contribution in [0.25, 0.3) is 0 Å². The summed E-state index contributed by atoms with van der Waals surface area (Å²) >= 11 is 9.29. The highest BCUT2D eigenvalue weighted by atomic mass is 35.5. The van der Waals surface area contributed by atoms with Crippen molar-refractivity contribution in [2.45, 2.75) is 10.8 Å². The first-order valence-electron chi connectivity index (χ1n) is 1.72. The highest BCUT2D eigenvalue weighted by Gasteiger charge is 2.36. The SMILES string of the molecule is FCC(F)(F)C(Cl)Cl. The molecule has 0 unspecified atom stereocenters. The summed E-state index contributed by atoms with van der Waals surface area (Å²) < 4.78 is 34.4. The first-order valence-corrected chi connectivity index (χ1v) is 2.60. The number of hydrogen-bond donors (Lipinski definition) is 0. The average molecular weight is 167 g/mol. The van der Waals surface area contributed by atoms with E-state index in [1.807, 2.05) is 0 Å². The smallest absolute Gasteiger partial charge is 0.244 e. The van der Waals surface area contributed by atoms with Crippen LogP contribution in [-0.4, -0.2) is 17.4 Å². The molecule has 0 aliphatic carbocycles. The molecule has 0 atom stereocenters. The normalized spacial score (nSPS) is 12.8. The summed E-state index contributed by atoms with van der Waals surface area (Å²) in [5.41, 5.74) is 0. The molecular weight excluding hydrogens is 164 g/mol. The Morgan fingerprint density at radius 2 is 1.75 bits per heavy atom. The standard InChI is InChI=1S/C3H3Cl2F3/c4-2(5)3(7,8)1-6/h2H,1H2. The van der Waals surface area contributed by atoms with E-state index in [1.54, 1.807) is 0 Å². The van der Waals surface area contributed by atoms with Crippen LogP contribution in [0.3, 0.4) is 0 Å². The molecule has 8 heavy (non-hydrogen) atoms. The van der Waals surface area contributed by atoms with Crippen LogP contribution in [0.15, 0.2) is 0 Å². The highest BCUT2D eigenvalue weighted by Crippen LogP contribution is 2.26. The molecule has 0 fully saturated rings. The molecule has 0 nitrogen and oxygen atoms in total. The average Bonchev–Trinajstić information content (AvgIpc) is 1.67. The van der Waals surface area contributed by atoms with Gasteiger partial charge >= 0.3 is 5.92 Å². The molecule has 0 aromatic carbocycles. The summed E-state index contributed by atoms with van der Waals surface area (Å²) in [6.45, 7) is -1.81. The maximum Gasteiger partial charge on any atom is 0.305 e. The van der Waals surface area contributed by atoms with Gasteiger partial charge in [0, 0.05) is 0 Å². The van der Waals surface area contributed by atoms with Gasteiger partial charge in [0.2, 0.25) is 0 Å². The Morgan fingerprint density at radius 3 is 1.75 bits per heavy atom. The van der Waals surface area contributed by atoms with Crippen molar-refractivity contribution in [3.8, 4) is 0 Å². The summed E-state index contributed by atoms with van der Waals surface area (Å²) in [6.07, 6.45) is 0. The second-order valence-corrected chi connectivity index (χ2v) is 2.29. The lowest BCUT2D eigenvalue weighted by atomic mass is 10.4. The molecule has 50 valence electrons. The van der Waals surface area contributed by atoms with Gasteiger partial charge in [0.05, 0.1) is 0 Å². The van der Waals surface area contributed by atoms with Crippen molar-refractivity contribution in [1.29, 1.82) is 0 Å². The number of alkyl halides is 5. The molecule has 0 aliphatic heterocycles. The molecule has 0 rings (SSSR count). The molecule has 0 amide bonds. The molecular formula is C3H3Cl2F3. The maximum absolute atomic E-state index is 11.6. The molecule has 0 saturated carbocycles. The largest absolute Gasteiger partial charge is 0.305 e. The van der Waals surface area contributed by atoms with Crippen LogP contribution >= 0.6 is 23.2 Å². The molecule has 0 aromatic heterocycles. The van der Waals surface area contributed by atoms with Gasteiger partial charge in [-0.25, -0.2) is 13.2 Å². The second-order valence-electron chi connectivity index (χ2n) is 1.20. The lowest BCUT2D eigenvalue weighted by molar-refractivity contribution is -0.00870. The van der Waals surface area contributed by atoms with Crippen molar-refractivity contribution in [1.82, 2.24) is 0 Å². The first kappa shape index (κ1) is 8.37. The zero-order valence-electron chi connectivity index (χ0n) is 3.67. The number of hydrogen-bond acceptors (Lipinski definition) is 0. The molecule has 0 aromatic rings. The van der Waals surface area contributed by atoms with E-state index in [2.05, 4.69) is 23.2 Å². The highest BCUT2D eigenvalue weighted by molar-refractivity contribution is 6.45. The lowest BCUT2D eigenvalue weighted by Crippen LogP contribution is -2.26. The Kier molecular flexibility index (Phi) is 2.91. The molecule has 0 heterocycles. The van der Waals surface area contributed by atoms with E-state index in [9.17, 15) is 13.2 Å². The molecule has 0 saturated heterocycles. The van der Waals surface area contributed by atoms with E-state index in [0.717, 1.165) is 0 Å². The Labute approximate surface area is 54.6 Å². The van der Waals surface area contributed by atoms with E-state index < -0.39 is 17.4 Å². The molecule has 5 heteroatoms. The van der Waals surface area contributed by atoms with Crippen LogP contribution < -0.4 is 0 Å². The minimum atomic E-state index is -3.59. The van der Waals surface area contributed by atoms with Gasteiger partial charge in [0.1, 0.15) is 0 Å². The summed E-state index contributed by atoms with van der Waals surface area (Å²) in [7, 11) is 0. The van der Waals surface area contributed by atoms with Gasteiger partial charge in [0.15, 0.2) is 11.5 Å². The quantitative estimate of drug-likeness (QED) is 0.553. The molecule has 0 radical (unpaired) electrons. The van der Waals surface area contributed by atoms with Crippen molar-refractivity contribution in [2.24, 2.45) is 0 Å². The van der Waals surface area contributed by atoms with Crippen LogP contribution in [0, 0.1) is 0 Å². The molecule has 0 bridgehead atoms. The zero-order chi connectivity index (χ0) is 6.78. The van der Waals surface area contributed by atoms with E-state index in [-0.39, 0.29) is 0 Å². The lowest BCUT2D eigenvalue weighted by Gasteiger charge is -2.10. The van der Waals surface area contributed by atoms with E-state index in [0.29, 0.717) is 0 Å². The summed E-state index contributed by atoms with van der Waals surface area (Å²) in [6, 6.07) is 0. The fraction of sp³-hybridized carbons (Fsp3) is 1.00. The van der Waals surface area contributed by atoms with Crippen LogP contribution in [-0.2, 0) is 0 Å². The van der Waals surface area contributed by atoms with Gasteiger partial charge < -0.3 is 0 Å². The van der Waals surface area contributed by atoms with Crippen LogP contribution in [0.4, 0.5) is 13.2 Å². The van der Waals surface area contributed by atoms with Gasteiger partial charge in [-0.1, -0.05) is 23.2 Å². The predicted molar refractivity (Wildman–Crippen MR) is 26.4 cm³/mol. The fourth-order valence-corrected chi connectivity index (χ4v) is 0.175. The van der Waals surface area contributed by atoms with Gasteiger partial charge in [0.25, 0.3) is 0 Å². The Balaban J connectivity index is 3.71. The molecule has 0 aliphatic rings. The fourth-order valence-electron chi connectivity index (χ4n) is 0.0583. The second kappa shape index (κ2) is 2.78. The van der Waals surface area contributed by atoms with Crippen molar-refractivity contribution in [3.05, 3.63) is 0 Å². The van der Waals surface area contributed by atoms with Gasteiger partial charge in [-0.3, -0.25) is 0 Å². The van der Waals surface area contributed by atoms with E-state index in [4.69, 9.17) is 0 Å². The van der Waals surface area contributed by atoms with Gasteiger partial charge in [-0.15, -0.1) is 0 Å². The van der Waals surface area contributed by atoms with Crippen LogP contribution in [0.2, 0.25) is 0 Å². The summed E-state index contributed by atoms with van der Waals surface area (Å²) in [5.74, 6) is -3.59. The van der Waals surface area contributed by atoms with Crippen molar-refractivity contribution in [2.75, 3.05) is 6.67 Å².